The number of Topliss-reactive ketones (excluding diaryl/α,β-unsaturated/α-hetero) is 1. The lowest BCUT2D eigenvalue weighted by Crippen LogP contribution is -2.29. The summed E-state index contributed by atoms with van der Waals surface area (Å²) in [7, 11) is 0. The molecule has 7 heteroatoms. The first-order valence-electron chi connectivity index (χ1n) is 10.7. The smallest absolute Gasteiger partial charge is 0.233 e. The number of anilines is 1. The Morgan fingerprint density at radius 1 is 1.12 bits per heavy atom. The molecule has 7 nitrogen and oxygen atoms in total. The second-order valence-corrected chi connectivity index (χ2v) is 8.24. The summed E-state index contributed by atoms with van der Waals surface area (Å²) in [6.45, 7) is 4.13. The maximum absolute atomic E-state index is 13.5. The van der Waals surface area contributed by atoms with E-state index >= 15 is 0 Å². The van der Waals surface area contributed by atoms with Gasteiger partial charge >= 0.3 is 0 Å². The van der Waals surface area contributed by atoms with Crippen molar-refractivity contribution in [3.63, 3.8) is 0 Å². The summed E-state index contributed by atoms with van der Waals surface area (Å²) in [6, 6.07) is 12.2. The van der Waals surface area contributed by atoms with Gasteiger partial charge in [-0.2, -0.15) is 0 Å². The van der Waals surface area contributed by atoms with Gasteiger partial charge in [-0.15, -0.1) is 0 Å². The minimum absolute atomic E-state index is 0.000582. The third-order valence-electron chi connectivity index (χ3n) is 6.24. The fraction of sp³-hybridized carbons (Fsp3) is 0.280. The minimum atomic E-state index is -0.361. The molecule has 1 aromatic heterocycles. The Kier molecular flexibility index (Phi) is 4.89. The summed E-state index contributed by atoms with van der Waals surface area (Å²) < 4.78 is 11.1. The molecule has 0 unspecified atom stereocenters. The zero-order valence-corrected chi connectivity index (χ0v) is 17.9. The summed E-state index contributed by atoms with van der Waals surface area (Å²) in [5.74, 6) is 0.872. The van der Waals surface area contributed by atoms with E-state index in [0.717, 1.165) is 22.4 Å². The van der Waals surface area contributed by atoms with E-state index in [4.69, 9.17) is 9.26 Å². The molecule has 5 rings (SSSR count). The van der Waals surface area contributed by atoms with Crippen LogP contribution < -0.4 is 10.1 Å². The largest absolute Gasteiger partial charge is 0.508 e. The number of rotatable bonds is 4. The van der Waals surface area contributed by atoms with Gasteiger partial charge in [0.05, 0.1) is 17.9 Å². The number of carbonyl (C=O) groups excluding carboxylic acids is 1. The van der Waals surface area contributed by atoms with Gasteiger partial charge in [0.1, 0.15) is 5.75 Å². The fourth-order valence-corrected chi connectivity index (χ4v) is 4.77. The second-order valence-electron chi connectivity index (χ2n) is 8.24. The molecule has 0 saturated heterocycles. The van der Waals surface area contributed by atoms with Crippen molar-refractivity contribution in [2.75, 3.05) is 11.9 Å². The van der Waals surface area contributed by atoms with Crippen molar-refractivity contribution in [2.24, 2.45) is 0 Å². The van der Waals surface area contributed by atoms with Crippen molar-refractivity contribution >= 4 is 11.7 Å². The highest BCUT2D eigenvalue weighted by atomic mass is 16.5. The molecule has 2 heterocycles. The van der Waals surface area contributed by atoms with Crippen LogP contribution in [0.2, 0.25) is 0 Å². The highest BCUT2D eigenvalue weighted by Crippen LogP contribution is 2.50. The molecule has 2 aliphatic rings. The van der Waals surface area contributed by atoms with E-state index in [1.54, 1.807) is 24.3 Å². The molecule has 0 amide bonds. The Morgan fingerprint density at radius 3 is 2.62 bits per heavy atom. The normalized spacial score (nSPS) is 19.9. The number of fused-ring (bicyclic) bond motifs is 1. The van der Waals surface area contributed by atoms with Crippen LogP contribution in [0.1, 0.15) is 54.0 Å². The van der Waals surface area contributed by atoms with Gasteiger partial charge in [-0.25, -0.2) is 0 Å². The molecule has 0 spiro atoms. The standard InChI is InChI=1S/C25H24N2O5/c1-3-31-21-12-15(6-9-19(21)29)23-22-13(2)27-32-25(22)26-18-10-16(11-20(30)24(18)23)14-4-7-17(28)8-5-14/h4-9,12,16,23,26,28-29H,3,10-11H2,1-2H3/t16-,23+/m0/s1. The Labute approximate surface area is 185 Å². The van der Waals surface area contributed by atoms with Crippen molar-refractivity contribution in [2.45, 2.75) is 38.5 Å². The highest BCUT2D eigenvalue weighted by molar-refractivity contribution is 6.01. The van der Waals surface area contributed by atoms with E-state index in [-0.39, 0.29) is 29.1 Å². The van der Waals surface area contributed by atoms with Crippen LogP contribution in [-0.2, 0) is 4.79 Å². The van der Waals surface area contributed by atoms with Crippen LogP contribution in [0.5, 0.6) is 17.2 Å². The predicted octanol–water partition coefficient (Wildman–Crippen LogP) is 4.75. The van der Waals surface area contributed by atoms with Crippen LogP contribution in [0.3, 0.4) is 0 Å². The Hall–Kier alpha value is -3.74. The van der Waals surface area contributed by atoms with Crippen LogP contribution >= 0.6 is 0 Å². The number of aryl methyl sites for hydroxylation is 1. The first-order valence-corrected chi connectivity index (χ1v) is 10.7. The molecule has 0 saturated carbocycles. The maximum atomic E-state index is 13.5. The molecular formula is C25H24N2O5. The monoisotopic (exact) mass is 432 g/mol. The number of ether oxygens (including phenoxy) is 1. The van der Waals surface area contributed by atoms with Crippen LogP contribution in [0, 0.1) is 6.92 Å². The summed E-state index contributed by atoms with van der Waals surface area (Å²) in [5.41, 5.74) is 4.90. The lowest BCUT2D eigenvalue weighted by Gasteiger charge is -2.34. The summed E-state index contributed by atoms with van der Waals surface area (Å²) >= 11 is 0. The zero-order valence-electron chi connectivity index (χ0n) is 17.9. The van der Waals surface area contributed by atoms with Gasteiger partial charge in [0, 0.05) is 23.6 Å². The van der Waals surface area contributed by atoms with E-state index in [9.17, 15) is 15.0 Å². The van der Waals surface area contributed by atoms with Gasteiger partial charge in [0.25, 0.3) is 0 Å². The molecule has 1 aliphatic carbocycles. The molecule has 164 valence electrons. The lowest BCUT2D eigenvalue weighted by molar-refractivity contribution is -0.116. The van der Waals surface area contributed by atoms with Crippen LogP contribution in [0.4, 0.5) is 5.88 Å². The Balaban J connectivity index is 1.61. The van der Waals surface area contributed by atoms with Crippen molar-refractivity contribution in [3.8, 4) is 17.2 Å². The fourth-order valence-electron chi connectivity index (χ4n) is 4.77. The quantitative estimate of drug-likeness (QED) is 0.546. The molecule has 0 bridgehead atoms. The van der Waals surface area contributed by atoms with Gasteiger partial charge < -0.3 is 24.8 Å². The number of phenols is 2. The lowest BCUT2D eigenvalue weighted by atomic mass is 9.72. The third kappa shape index (κ3) is 3.30. The molecule has 2 atom stereocenters. The topological polar surface area (TPSA) is 105 Å². The number of allylic oxidation sites excluding steroid dienone is 2. The van der Waals surface area contributed by atoms with Crippen LogP contribution in [-0.4, -0.2) is 27.8 Å². The van der Waals surface area contributed by atoms with Gasteiger partial charge in [-0.3, -0.25) is 4.79 Å². The summed E-state index contributed by atoms with van der Waals surface area (Å²) in [4.78, 5) is 13.5. The molecule has 32 heavy (non-hydrogen) atoms. The van der Waals surface area contributed by atoms with E-state index in [0.29, 0.717) is 42.3 Å². The van der Waals surface area contributed by atoms with Crippen molar-refractivity contribution in [1.82, 2.24) is 5.16 Å². The molecule has 0 radical (unpaired) electrons. The second kappa shape index (κ2) is 7.75. The van der Waals surface area contributed by atoms with Gasteiger partial charge in [0.2, 0.25) is 5.88 Å². The van der Waals surface area contributed by atoms with E-state index in [1.165, 1.54) is 0 Å². The van der Waals surface area contributed by atoms with Crippen LogP contribution in [0.15, 0.2) is 58.3 Å². The number of ketones is 1. The predicted molar refractivity (Wildman–Crippen MR) is 118 cm³/mol. The van der Waals surface area contributed by atoms with Gasteiger partial charge in [0.15, 0.2) is 17.3 Å². The summed E-state index contributed by atoms with van der Waals surface area (Å²) in [6.07, 6.45) is 1.01. The zero-order chi connectivity index (χ0) is 22.4. The third-order valence-corrected chi connectivity index (χ3v) is 6.24. The van der Waals surface area contributed by atoms with E-state index in [1.807, 2.05) is 32.0 Å². The Morgan fingerprint density at radius 2 is 1.88 bits per heavy atom. The number of aromatic nitrogens is 1. The van der Waals surface area contributed by atoms with Crippen LogP contribution in [0.25, 0.3) is 0 Å². The number of aromatic hydroxyl groups is 2. The van der Waals surface area contributed by atoms with Crippen molar-refractivity contribution < 1.29 is 24.3 Å². The average molecular weight is 432 g/mol. The highest BCUT2D eigenvalue weighted by Gasteiger charge is 2.41. The molecule has 0 fully saturated rings. The first kappa shape index (κ1) is 20.2. The van der Waals surface area contributed by atoms with E-state index in [2.05, 4.69) is 10.5 Å². The van der Waals surface area contributed by atoms with E-state index < -0.39 is 0 Å². The van der Waals surface area contributed by atoms with Gasteiger partial charge in [-0.05, 0) is 61.6 Å². The Bertz CT molecular complexity index is 1230. The van der Waals surface area contributed by atoms with Crippen molar-refractivity contribution in [3.05, 3.63) is 76.1 Å². The number of benzene rings is 2. The molecule has 3 N–H and O–H groups in total. The van der Waals surface area contributed by atoms with Crippen molar-refractivity contribution in [1.29, 1.82) is 0 Å². The van der Waals surface area contributed by atoms with Gasteiger partial charge in [-0.1, -0.05) is 23.4 Å². The number of carbonyl (C=O) groups is 1. The molecule has 2 aromatic carbocycles. The number of nitrogens with zero attached hydrogens (tertiary/aromatic N) is 1. The average Bonchev–Trinajstić information content (AvgIpc) is 3.15. The number of hydrogen-bond donors (Lipinski definition) is 3. The number of hydrogen-bond acceptors (Lipinski definition) is 7. The minimum Gasteiger partial charge on any atom is -0.508 e. The number of nitrogens with one attached hydrogen (secondary N) is 1. The SMILES string of the molecule is CCOc1cc([C@H]2C3=C(C[C@H](c4ccc(O)cc4)CC3=O)Nc3onc(C)c32)ccc1O. The maximum Gasteiger partial charge on any atom is 0.233 e. The summed E-state index contributed by atoms with van der Waals surface area (Å²) in [5, 5.41) is 27.2. The molecule has 1 aliphatic heterocycles. The molecule has 3 aromatic rings. The first-order chi connectivity index (χ1) is 15.5. The number of phenolic OH excluding ortho intramolecular Hbond substituents is 2. The molecular weight excluding hydrogens is 408 g/mol.